The van der Waals surface area contributed by atoms with Crippen molar-refractivity contribution in [2.45, 2.75) is 24.3 Å². The molecule has 0 bridgehead atoms. The lowest BCUT2D eigenvalue weighted by molar-refractivity contribution is 0.557. The zero-order chi connectivity index (χ0) is 17.2. The zero-order valence-corrected chi connectivity index (χ0v) is 14.4. The molecule has 0 radical (unpaired) electrons. The number of pyridine rings is 1. The molecule has 0 saturated carbocycles. The van der Waals surface area contributed by atoms with E-state index in [-0.39, 0.29) is 11.6 Å². The Labute approximate surface area is 145 Å². The van der Waals surface area contributed by atoms with Gasteiger partial charge in [0.1, 0.15) is 16.5 Å². The van der Waals surface area contributed by atoms with Crippen molar-refractivity contribution in [3.63, 3.8) is 0 Å². The van der Waals surface area contributed by atoms with Gasteiger partial charge in [-0.15, -0.1) is 0 Å². The van der Waals surface area contributed by atoms with Gasteiger partial charge in [0, 0.05) is 30.9 Å². The monoisotopic (exact) mass is 369 g/mol. The van der Waals surface area contributed by atoms with Crippen LogP contribution in [0.3, 0.4) is 0 Å². The third kappa shape index (κ3) is 3.85. The molecule has 1 aromatic carbocycles. The molecular weight excluding hydrogens is 353 g/mol. The van der Waals surface area contributed by atoms with Gasteiger partial charge in [-0.2, -0.15) is 0 Å². The third-order valence-corrected chi connectivity index (χ3v) is 5.56. The highest BCUT2D eigenvalue weighted by molar-refractivity contribution is 7.89. The van der Waals surface area contributed by atoms with Crippen LogP contribution in [0.5, 0.6) is 0 Å². The molecule has 0 aliphatic carbocycles. The maximum atomic E-state index is 13.8. The van der Waals surface area contributed by atoms with Crippen molar-refractivity contribution in [3.8, 4) is 0 Å². The highest BCUT2D eigenvalue weighted by Crippen LogP contribution is 2.21. The van der Waals surface area contributed by atoms with Gasteiger partial charge in [-0.3, -0.25) is 0 Å². The molecule has 128 valence electrons. The maximum absolute atomic E-state index is 13.8. The van der Waals surface area contributed by atoms with Crippen LogP contribution >= 0.6 is 11.6 Å². The van der Waals surface area contributed by atoms with E-state index >= 15 is 0 Å². The fraction of sp³-hybridized carbons (Fsp3) is 0.312. The van der Waals surface area contributed by atoms with Crippen molar-refractivity contribution in [1.82, 2.24) is 9.71 Å². The quantitative estimate of drug-likeness (QED) is 0.880. The number of hydrogen-bond donors (Lipinski definition) is 1. The molecule has 1 saturated heterocycles. The first-order valence-electron chi connectivity index (χ1n) is 7.60. The Hall–Kier alpha value is -1.70. The van der Waals surface area contributed by atoms with Crippen LogP contribution in [-0.4, -0.2) is 26.5 Å². The van der Waals surface area contributed by atoms with Crippen LogP contribution < -0.4 is 9.62 Å². The fourth-order valence-corrected chi connectivity index (χ4v) is 3.87. The SMILES string of the molecule is O=S(=O)(NCc1ccnc(N2CCCC2)c1)c1ccc(Cl)cc1F. The number of hydrogen-bond acceptors (Lipinski definition) is 4. The summed E-state index contributed by atoms with van der Waals surface area (Å²) in [6, 6.07) is 7.07. The van der Waals surface area contributed by atoms with E-state index in [9.17, 15) is 12.8 Å². The first-order valence-corrected chi connectivity index (χ1v) is 9.46. The zero-order valence-electron chi connectivity index (χ0n) is 12.9. The second-order valence-corrected chi connectivity index (χ2v) is 7.79. The van der Waals surface area contributed by atoms with Gasteiger partial charge in [0.2, 0.25) is 10.0 Å². The van der Waals surface area contributed by atoms with E-state index in [0.717, 1.165) is 49.4 Å². The van der Waals surface area contributed by atoms with E-state index in [1.54, 1.807) is 12.3 Å². The number of sulfonamides is 1. The Bertz CT molecular complexity index is 839. The summed E-state index contributed by atoms with van der Waals surface area (Å²) in [6.07, 6.45) is 3.92. The molecule has 0 spiro atoms. The number of anilines is 1. The second kappa shape index (κ2) is 7.04. The average Bonchev–Trinajstić information content (AvgIpc) is 3.07. The summed E-state index contributed by atoms with van der Waals surface area (Å²) >= 11 is 5.65. The molecule has 2 heterocycles. The predicted octanol–water partition coefficient (Wildman–Crippen LogP) is 2.95. The maximum Gasteiger partial charge on any atom is 0.243 e. The molecule has 1 N–H and O–H groups in total. The minimum Gasteiger partial charge on any atom is -0.357 e. The number of nitrogens with zero attached hydrogens (tertiary/aromatic N) is 2. The van der Waals surface area contributed by atoms with Crippen molar-refractivity contribution in [2.24, 2.45) is 0 Å². The van der Waals surface area contributed by atoms with Crippen LogP contribution in [0, 0.1) is 5.82 Å². The molecule has 24 heavy (non-hydrogen) atoms. The number of halogens is 2. The minimum absolute atomic E-state index is 0.0633. The summed E-state index contributed by atoms with van der Waals surface area (Å²) in [5.41, 5.74) is 0.768. The Balaban J connectivity index is 1.73. The van der Waals surface area contributed by atoms with Gasteiger partial charge < -0.3 is 4.90 Å². The topological polar surface area (TPSA) is 62.3 Å². The first kappa shape index (κ1) is 17.1. The Morgan fingerprint density at radius 2 is 1.96 bits per heavy atom. The lowest BCUT2D eigenvalue weighted by Crippen LogP contribution is -2.24. The molecule has 1 aliphatic rings. The van der Waals surface area contributed by atoms with Crippen LogP contribution in [0.1, 0.15) is 18.4 Å². The van der Waals surface area contributed by atoms with Gasteiger partial charge in [0.05, 0.1) is 0 Å². The first-order chi connectivity index (χ1) is 11.5. The molecule has 1 aromatic heterocycles. The summed E-state index contributed by atoms with van der Waals surface area (Å²) < 4.78 is 40.7. The number of rotatable bonds is 5. The predicted molar refractivity (Wildman–Crippen MR) is 91.1 cm³/mol. The molecular formula is C16H17ClFN3O2S. The van der Waals surface area contributed by atoms with Crippen LogP contribution in [0.4, 0.5) is 10.2 Å². The smallest absolute Gasteiger partial charge is 0.243 e. The molecule has 2 aromatic rings. The lowest BCUT2D eigenvalue weighted by atomic mass is 10.2. The van der Waals surface area contributed by atoms with Gasteiger partial charge in [0.25, 0.3) is 0 Å². The third-order valence-electron chi connectivity index (χ3n) is 3.89. The molecule has 1 fully saturated rings. The van der Waals surface area contributed by atoms with Crippen molar-refractivity contribution in [3.05, 3.63) is 52.9 Å². The van der Waals surface area contributed by atoms with Crippen molar-refractivity contribution in [2.75, 3.05) is 18.0 Å². The highest BCUT2D eigenvalue weighted by Gasteiger charge is 2.19. The van der Waals surface area contributed by atoms with E-state index < -0.39 is 20.7 Å². The number of nitrogens with one attached hydrogen (secondary N) is 1. The van der Waals surface area contributed by atoms with Crippen LogP contribution in [0.15, 0.2) is 41.4 Å². The van der Waals surface area contributed by atoms with E-state index in [1.807, 2.05) is 6.07 Å². The van der Waals surface area contributed by atoms with Crippen LogP contribution in [0.2, 0.25) is 5.02 Å². The minimum atomic E-state index is -3.96. The molecule has 3 rings (SSSR count). The average molecular weight is 370 g/mol. The fourth-order valence-electron chi connectivity index (χ4n) is 2.64. The molecule has 8 heteroatoms. The van der Waals surface area contributed by atoms with Gasteiger partial charge in [-0.1, -0.05) is 11.6 Å². The van der Waals surface area contributed by atoms with Gasteiger partial charge in [-0.05, 0) is 48.7 Å². The van der Waals surface area contributed by atoms with E-state index in [2.05, 4.69) is 14.6 Å². The Morgan fingerprint density at radius 1 is 1.21 bits per heavy atom. The van der Waals surface area contributed by atoms with Crippen LogP contribution in [-0.2, 0) is 16.6 Å². The summed E-state index contributed by atoms with van der Waals surface area (Å²) in [5, 5.41) is 0.149. The van der Waals surface area contributed by atoms with E-state index in [1.165, 1.54) is 6.07 Å². The van der Waals surface area contributed by atoms with Gasteiger partial charge >= 0.3 is 0 Å². The van der Waals surface area contributed by atoms with E-state index in [0.29, 0.717) is 0 Å². The second-order valence-electron chi connectivity index (χ2n) is 5.62. The van der Waals surface area contributed by atoms with Gasteiger partial charge in [-0.25, -0.2) is 22.5 Å². The summed E-state index contributed by atoms with van der Waals surface area (Å²) in [5.74, 6) is -0.0376. The summed E-state index contributed by atoms with van der Waals surface area (Å²) in [4.78, 5) is 6.07. The summed E-state index contributed by atoms with van der Waals surface area (Å²) in [6.45, 7) is 1.98. The molecule has 1 aliphatic heterocycles. The largest absolute Gasteiger partial charge is 0.357 e. The molecule has 0 atom stereocenters. The number of benzene rings is 1. The normalized spacial score (nSPS) is 15.0. The van der Waals surface area contributed by atoms with Gasteiger partial charge in [0.15, 0.2) is 0 Å². The van der Waals surface area contributed by atoms with Crippen molar-refractivity contribution in [1.29, 1.82) is 0 Å². The number of aromatic nitrogens is 1. The highest BCUT2D eigenvalue weighted by atomic mass is 35.5. The summed E-state index contributed by atoms with van der Waals surface area (Å²) in [7, 11) is -3.96. The van der Waals surface area contributed by atoms with E-state index in [4.69, 9.17) is 11.6 Å². The Morgan fingerprint density at radius 3 is 2.67 bits per heavy atom. The Kier molecular flexibility index (Phi) is 5.03. The molecule has 5 nitrogen and oxygen atoms in total. The van der Waals surface area contributed by atoms with Crippen molar-refractivity contribution >= 4 is 27.4 Å². The molecule has 0 amide bonds. The lowest BCUT2D eigenvalue weighted by Gasteiger charge is -2.17. The van der Waals surface area contributed by atoms with Crippen LogP contribution in [0.25, 0.3) is 0 Å². The standard InChI is InChI=1S/C16H17ClFN3O2S/c17-13-3-4-15(14(18)10-13)24(22,23)20-11-12-5-6-19-16(9-12)21-7-1-2-8-21/h3-6,9-10,20H,1-2,7-8,11H2. The molecule has 0 unspecified atom stereocenters. The van der Waals surface area contributed by atoms with Crippen molar-refractivity contribution < 1.29 is 12.8 Å².